The Kier molecular flexibility index (Phi) is 6.83. The van der Waals surface area contributed by atoms with Crippen LogP contribution in [0.4, 0.5) is 5.69 Å². The van der Waals surface area contributed by atoms with Crippen LogP contribution in [0.1, 0.15) is 6.92 Å². The minimum absolute atomic E-state index is 0. The minimum Gasteiger partial charge on any atom is -0.495 e. The fraction of sp³-hybridized carbons (Fsp3) is 0.364. The predicted molar refractivity (Wildman–Crippen MR) is 74.1 cm³/mol. The van der Waals surface area contributed by atoms with Crippen molar-refractivity contribution in [2.75, 3.05) is 19.5 Å². The average Bonchev–Trinajstić information content (AvgIpc) is 2.29. The number of hydrogen-bond acceptors (Lipinski definition) is 4. The number of methoxy groups -OCH3 is 2. The van der Waals surface area contributed by atoms with Crippen LogP contribution >= 0.6 is 24.0 Å². The Hall–Kier alpha value is -1.17. The van der Waals surface area contributed by atoms with Gasteiger partial charge in [0.05, 0.1) is 31.0 Å². The summed E-state index contributed by atoms with van der Waals surface area (Å²) in [4.78, 5) is 11.5. The van der Waals surface area contributed by atoms with Crippen molar-refractivity contribution in [1.29, 1.82) is 0 Å². The number of hydrogen-bond donors (Lipinski definition) is 2. The molecule has 7 heteroatoms. The van der Waals surface area contributed by atoms with Crippen LogP contribution in [0.5, 0.6) is 11.5 Å². The summed E-state index contributed by atoms with van der Waals surface area (Å²) in [6.07, 6.45) is 0. The fourth-order valence-electron chi connectivity index (χ4n) is 1.20. The average molecular weight is 295 g/mol. The summed E-state index contributed by atoms with van der Waals surface area (Å²) in [5.74, 6) is 0.618. The first-order chi connectivity index (χ1) is 7.99. The fourth-order valence-corrected chi connectivity index (χ4v) is 1.45. The summed E-state index contributed by atoms with van der Waals surface area (Å²) < 4.78 is 10.2. The van der Waals surface area contributed by atoms with Crippen LogP contribution in [0.3, 0.4) is 0 Å². The molecule has 1 rings (SSSR count). The van der Waals surface area contributed by atoms with Gasteiger partial charge in [0.25, 0.3) is 0 Å². The molecule has 0 aliphatic rings. The Bertz CT molecular complexity index is 425. The van der Waals surface area contributed by atoms with E-state index in [0.717, 1.165) is 0 Å². The standard InChI is InChI=1S/C11H15ClN2O3.ClH/c1-6(13)11(15)14-8-4-7(12)9(16-2)5-10(8)17-3;/h4-6H,13H2,1-3H3,(H,14,15);1H/t6-;/m1./s1. The van der Waals surface area contributed by atoms with Crippen LogP contribution in [0.15, 0.2) is 12.1 Å². The van der Waals surface area contributed by atoms with E-state index in [9.17, 15) is 4.79 Å². The highest BCUT2D eigenvalue weighted by Gasteiger charge is 2.14. The summed E-state index contributed by atoms with van der Waals surface area (Å²) in [5, 5.41) is 3.01. The molecule has 1 aromatic rings. The Morgan fingerprint density at radius 2 is 1.89 bits per heavy atom. The van der Waals surface area contributed by atoms with E-state index in [2.05, 4.69) is 5.32 Å². The van der Waals surface area contributed by atoms with Gasteiger partial charge in [-0.3, -0.25) is 4.79 Å². The van der Waals surface area contributed by atoms with Gasteiger partial charge < -0.3 is 20.5 Å². The Morgan fingerprint density at radius 1 is 1.33 bits per heavy atom. The van der Waals surface area contributed by atoms with Gasteiger partial charge in [0.1, 0.15) is 11.5 Å². The zero-order valence-corrected chi connectivity index (χ0v) is 11.9. The maximum atomic E-state index is 11.5. The summed E-state index contributed by atoms with van der Waals surface area (Å²) in [5.41, 5.74) is 5.92. The van der Waals surface area contributed by atoms with E-state index in [1.165, 1.54) is 14.2 Å². The number of ether oxygens (including phenoxy) is 2. The highest BCUT2D eigenvalue weighted by molar-refractivity contribution is 6.32. The van der Waals surface area contributed by atoms with Crippen molar-refractivity contribution in [3.05, 3.63) is 17.2 Å². The summed E-state index contributed by atoms with van der Waals surface area (Å²) >= 11 is 5.96. The van der Waals surface area contributed by atoms with E-state index in [1.807, 2.05) is 0 Å². The van der Waals surface area contributed by atoms with Gasteiger partial charge in [0.15, 0.2) is 0 Å². The van der Waals surface area contributed by atoms with Gasteiger partial charge in [-0.15, -0.1) is 12.4 Å². The molecule has 0 heterocycles. The molecule has 0 aliphatic heterocycles. The van der Waals surface area contributed by atoms with Crippen molar-refractivity contribution in [3.63, 3.8) is 0 Å². The molecule has 1 atom stereocenters. The number of halogens is 2. The molecule has 18 heavy (non-hydrogen) atoms. The maximum absolute atomic E-state index is 11.5. The second-order valence-electron chi connectivity index (χ2n) is 3.46. The van der Waals surface area contributed by atoms with Crippen molar-refractivity contribution in [2.45, 2.75) is 13.0 Å². The van der Waals surface area contributed by atoms with Gasteiger partial charge in [0.2, 0.25) is 5.91 Å². The highest BCUT2D eigenvalue weighted by atomic mass is 35.5. The number of rotatable bonds is 4. The molecular formula is C11H16Cl2N2O3. The number of amides is 1. The topological polar surface area (TPSA) is 73.6 Å². The molecular weight excluding hydrogens is 279 g/mol. The molecule has 0 spiro atoms. The van der Waals surface area contributed by atoms with E-state index in [4.69, 9.17) is 26.8 Å². The molecule has 5 nitrogen and oxygen atoms in total. The first kappa shape index (κ1) is 16.8. The van der Waals surface area contributed by atoms with E-state index < -0.39 is 6.04 Å². The van der Waals surface area contributed by atoms with Crippen LogP contribution in [-0.2, 0) is 4.79 Å². The molecule has 0 saturated carbocycles. The lowest BCUT2D eigenvalue weighted by molar-refractivity contribution is -0.117. The van der Waals surface area contributed by atoms with E-state index in [1.54, 1.807) is 19.1 Å². The molecule has 102 valence electrons. The zero-order chi connectivity index (χ0) is 13.0. The zero-order valence-electron chi connectivity index (χ0n) is 10.3. The summed E-state index contributed by atoms with van der Waals surface area (Å²) in [7, 11) is 2.99. The summed E-state index contributed by atoms with van der Waals surface area (Å²) in [6.45, 7) is 1.59. The summed E-state index contributed by atoms with van der Waals surface area (Å²) in [6, 6.07) is 2.54. The molecule has 0 unspecified atom stereocenters. The quantitative estimate of drug-likeness (QED) is 0.891. The number of anilines is 1. The van der Waals surface area contributed by atoms with Crippen molar-refractivity contribution < 1.29 is 14.3 Å². The molecule has 0 saturated heterocycles. The van der Waals surface area contributed by atoms with E-state index in [0.29, 0.717) is 22.2 Å². The maximum Gasteiger partial charge on any atom is 0.241 e. The first-order valence-electron chi connectivity index (χ1n) is 4.97. The van der Waals surface area contributed by atoms with Gasteiger partial charge in [-0.25, -0.2) is 0 Å². The molecule has 0 aromatic heterocycles. The van der Waals surface area contributed by atoms with Gasteiger partial charge in [-0.05, 0) is 13.0 Å². The SMILES string of the molecule is COc1cc(OC)c(NC(=O)[C@@H](C)N)cc1Cl.Cl. The molecule has 0 fully saturated rings. The van der Waals surface area contributed by atoms with E-state index >= 15 is 0 Å². The second-order valence-corrected chi connectivity index (χ2v) is 3.87. The minimum atomic E-state index is -0.611. The van der Waals surface area contributed by atoms with Crippen LogP contribution < -0.4 is 20.5 Å². The number of benzene rings is 1. The molecule has 0 aliphatic carbocycles. The van der Waals surface area contributed by atoms with Crippen molar-refractivity contribution >= 4 is 35.6 Å². The Labute approximate surface area is 117 Å². The van der Waals surface area contributed by atoms with Gasteiger partial charge >= 0.3 is 0 Å². The third-order valence-electron chi connectivity index (χ3n) is 2.15. The lowest BCUT2D eigenvalue weighted by Gasteiger charge is -2.14. The monoisotopic (exact) mass is 294 g/mol. The normalized spacial score (nSPS) is 11.2. The van der Waals surface area contributed by atoms with Crippen molar-refractivity contribution in [3.8, 4) is 11.5 Å². The van der Waals surface area contributed by atoms with Gasteiger partial charge in [-0.1, -0.05) is 11.6 Å². The third kappa shape index (κ3) is 3.94. The Balaban J connectivity index is 0.00000289. The molecule has 1 amide bonds. The van der Waals surface area contributed by atoms with Crippen LogP contribution in [0.2, 0.25) is 5.02 Å². The lowest BCUT2D eigenvalue weighted by Crippen LogP contribution is -2.32. The van der Waals surface area contributed by atoms with Crippen LogP contribution in [0.25, 0.3) is 0 Å². The number of nitrogens with one attached hydrogen (secondary N) is 1. The van der Waals surface area contributed by atoms with Gasteiger partial charge in [0, 0.05) is 6.07 Å². The molecule has 0 radical (unpaired) electrons. The number of nitrogens with two attached hydrogens (primary N) is 1. The van der Waals surface area contributed by atoms with Gasteiger partial charge in [-0.2, -0.15) is 0 Å². The largest absolute Gasteiger partial charge is 0.495 e. The second kappa shape index (κ2) is 7.31. The number of carbonyl (C=O) groups is 1. The molecule has 1 aromatic carbocycles. The highest BCUT2D eigenvalue weighted by Crippen LogP contribution is 2.35. The first-order valence-corrected chi connectivity index (χ1v) is 5.35. The van der Waals surface area contributed by atoms with Crippen molar-refractivity contribution in [1.82, 2.24) is 0 Å². The molecule has 0 bridgehead atoms. The van der Waals surface area contributed by atoms with E-state index in [-0.39, 0.29) is 18.3 Å². The van der Waals surface area contributed by atoms with Crippen LogP contribution in [0, 0.1) is 0 Å². The lowest BCUT2D eigenvalue weighted by atomic mass is 10.2. The van der Waals surface area contributed by atoms with Crippen molar-refractivity contribution in [2.24, 2.45) is 5.73 Å². The van der Waals surface area contributed by atoms with Crippen LogP contribution in [-0.4, -0.2) is 26.2 Å². The number of carbonyl (C=O) groups excluding carboxylic acids is 1. The third-order valence-corrected chi connectivity index (χ3v) is 2.44. The Morgan fingerprint density at radius 3 is 2.33 bits per heavy atom. The molecule has 3 N–H and O–H groups in total. The smallest absolute Gasteiger partial charge is 0.241 e. The predicted octanol–water partition coefficient (Wildman–Crippen LogP) is 2.06.